The van der Waals surface area contributed by atoms with Crippen LogP contribution in [0.25, 0.3) is 0 Å². The molecule has 0 aliphatic heterocycles. The standard InChI is InChI=1S/C15H20N4O.HI/c1-4-12-5-7-13(8-6-12)18-15(16)17-9-14-10(2)19-20-11(14)3;/h5-8H,4,9H2,1-3H3,(H3,16,17,18);1H. The highest BCUT2D eigenvalue weighted by molar-refractivity contribution is 14.0. The lowest BCUT2D eigenvalue weighted by molar-refractivity contribution is 0.392. The van der Waals surface area contributed by atoms with Gasteiger partial charge in [0.15, 0.2) is 5.96 Å². The van der Waals surface area contributed by atoms with Gasteiger partial charge in [0.2, 0.25) is 0 Å². The summed E-state index contributed by atoms with van der Waals surface area (Å²) < 4.78 is 5.09. The minimum atomic E-state index is 0. The molecule has 0 bridgehead atoms. The zero-order valence-electron chi connectivity index (χ0n) is 12.5. The van der Waals surface area contributed by atoms with E-state index >= 15 is 0 Å². The average Bonchev–Trinajstić information content (AvgIpc) is 2.77. The topological polar surface area (TPSA) is 76.4 Å². The van der Waals surface area contributed by atoms with E-state index in [-0.39, 0.29) is 24.0 Å². The van der Waals surface area contributed by atoms with Crippen LogP contribution in [0.1, 0.15) is 29.5 Å². The van der Waals surface area contributed by atoms with Crippen molar-refractivity contribution in [1.82, 2.24) is 5.16 Å². The fraction of sp³-hybridized carbons (Fsp3) is 0.333. The van der Waals surface area contributed by atoms with E-state index in [0.717, 1.165) is 29.1 Å². The molecule has 0 radical (unpaired) electrons. The number of nitrogens with one attached hydrogen (secondary N) is 1. The average molecular weight is 400 g/mol. The van der Waals surface area contributed by atoms with E-state index in [9.17, 15) is 0 Å². The molecule has 1 aromatic carbocycles. The van der Waals surface area contributed by atoms with Crippen LogP contribution in [0.4, 0.5) is 5.69 Å². The first kappa shape index (κ1) is 17.5. The van der Waals surface area contributed by atoms with Crippen molar-refractivity contribution in [3.05, 3.63) is 46.8 Å². The molecule has 0 spiro atoms. The Kier molecular flexibility index (Phi) is 6.67. The molecule has 0 fully saturated rings. The molecule has 5 nitrogen and oxygen atoms in total. The van der Waals surface area contributed by atoms with Gasteiger partial charge in [-0.3, -0.25) is 0 Å². The van der Waals surface area contributed by atoms with Crippen LogP contribution in [-0.4, -0.2) is 11.1 Å². The van der Waals surface area contributed by atoms with Crippen LogP contribution in [0.5, 0.6) is 0 Å². The number of anilines is 1. The van der Waals surface area contributed by atoms with Gasteiger partial charge in [-0.1, -0.05) is 24.2 Å². The number of aliphatic imine (C=N–C) groups is 1. The van der Waals surface area contributed by atoms with E-state index in [1.54, 1.807) is 0 Å². The van der Waals surface area contributed by atoms with Gasteiger partial charge in [-0.15, -0.1) is 24.0 Å². The number of hydrogen-bond acceptors (Lipinski definition) is 3. The molecule has 114 valence electrons. The predicted molar refractivity (Wildman–Crippen MR) is 96.2 cm³/mol. The maximum absolute atomic E-state index is 5.88. The van der Waals surface area contributed by atoms with Crippen LogP contribution in [0, 0.1) is 13.8 Å². The van der Waals surface area contributed by atoms with Gasteiger partial charge in [0.1, 0.15) is 5.76 Å². The van der Waals surface area contributed by atoms with Crippen molar-refractivity contribution in [3.8, 4) is 0 Å². The Morgan fingerprint density at radius 3 is 2.48 bits per heavy atom. The number of aromatic nitrogens is 1. The summed E-state index contributed by atoms with van der Waals surface area (Å²) in [6.07, 6.45) is 1.02. The van der Waals surface area contributed by atoms with Crippen LogP contribution < -0.4 is 11.1 Å². The van der Waals surface area contributed by atoms with E-state index in [1.807, 2.05) is 26.0 Å². The number of nitrogens with two attached hydrogens (primary N) is 1. The quantitative estimate of drug-likeness (QED) is 0.469. The summed E-state index contributed by atoms with van der Waals surface area (Å²) in [7, 11) is 0. The molecule has 1 aromatic heterocycles. The molecule has 0 aliphatic carbocycles. The normalized spacial score (nSPS) is 11.1. The van der Waals surface area contributed by atoms with Gasteiger partial charge in [0.25, 0.3) is 0 Å². The third-order valence-electron chi connectivity index (χ3n) is 3.22. The van der Waals surface area contributed by atoms with Gasteiger partial charge in [-0.2, -0.15) is 0 Å². The summed E-state index contributed by atoms with van der Waals surface area (Å²) in [5.74, 6) is 1.17. The summed E-state index contributed by atoms with van der Waals surface area (Å²) in [4.78, 5) is 4.31. The van der Waals surface area contributed by atoms with E-state index in [2.05, 4.69) is 34.5 Å². The first-order chi connectivity index (χ1) is 9.60. The molecule has 0 saturated heterocycles. The summed E-state index contributed by atoms with van der Waals surface area (Å²) in [6, 6.07) is 8.14. The van der Waals surface area contributed by atoms with E-state index in [0.29, 0.717) is 12.5 Å². The Hall–Kier alpha value is -1.57. The lowest BCUT2D eigenvalue weighted by Gasteiger charge is -2.06. The smallest absolute Gasteiger partial charge is 0.193 e. The fourth-order valence-electron chi connectivity index (χ4n) is 1.90. The Labute approximate surface area is 142 Å². The lowest BCUT2D eigenvalue weighted by atomic mass is 10.1. The number of rotatable bonds is 4. The van der Waals surface area contributed by atoms with Gasteiger partial charge in [-0.05, 0) is 38.0 Å². The molecule has 0 saturated carbocycles. The van der Waals surface area contributed by atoms with Crippen molar-refractivity contribution in [1.29, 1.82) is 0 Å². The SMILES string of the molecule is CCc1ccc(NC(N)=NCc2c(C)noc2C)cc1.I. The summed E-state index contributed by atoms with van der Waals surface area (Å²) in [5, 5.41) is 6.96. The number of aryl methyl sites for hydroxylation is 3. The van der Waals surface area contributed by atoms with Crippen LogP contribution in [-0.2, 0) is 13.0 Å². The Morgan fingerprint density at radius 1 is 1.29 bits per heavy atom. The molecule has 0 atom stereocenters. The molecule has 6 heteroatoms. The van der Waals surface area contributed by atoms with E-state index < -0.39 is 0 Å². The molecule has 0 aliphatic rings. The number of benzene rings is 1. The summed E-state index contributed by atoms with van der Waals surface area (Å²) in [5.41, 5.74) is 9.94. The first-order valence-corrected chi connectivity index (χ1v) is 6.67. The molecule has 3 N–H and O–H groups in total. The van der Waals surface area contributed by atoms with Crippen molar-refractivity contribution >= 4 is 35.6 Å². The van der Waals surface area contributed by atoms with Gasteiger partial charge in [0, 0.05) is 11.3 Å². The molecule has 1 heterocycles. The van der Waals surface area contributed by atoms with Gasteiger partial charge < -0.3 is 15.6 Å². The van der Waals surface area contributed by atoms with Crippen molar-refractivity contribution in [2.45, 2.75) is 33.7 Å². The maximum Gasteiger partial charge on any atom is 0.193 e. The van der Waals surface area contributed by atoms with Crippen LogP contribution in [0.15, 0.2) is 33.8 Å². The molecular weight excluding hydrogens is 379 g/mol. The maximum atomic E-state index is 5.88. The fourth-order valence-corrected chi connectivity index (χ4v) is 1.90. The predicted octanol–water partition coefficient (Wildman–Crippen LogP) is 3.40. The second-order valence-electron chi connectivity index (χ2n) is 4.68. The highest BCUT2D eigenvalue weighted by Gasteiger charge is 2.07. The molecule has 21 heavy (non-hydrogen) atoms. The van der Waals surface area contributed by atoms with E-state index in [1.165, 1.54) is 5.56 Å². The Morgan fingerprint density at radius 2 is 1.95 bits per heavy atom. The van der Waals surface area contributed by atoms with Crippen LogP contribution in [0.3, 0.4) is 0 Å². The number of nitrogens with zero attached hydrogens (tertiary/aromatic N) is 2. The number of guanidine groups is 1. The molecule has 2 rings (SSSR count). The Bertz CT molecular complexity index is 585. The van der Waals surface area contributed by atoms with Gasteiger partial charge in [0.05, 0.1) is 12.2 Å². The molecule has 0 unspecified atom stereocenters. The molecular formula is C15H21IN4O. The lowest BCUT2D eigenvalue weighted by Crippen LogP contribution is -2.22. The van der Waals surface area contributed by atoms with Crippen molar-refractivity contribution < 1.29 is 4.52 Å². The summed E-state index contributed by atoms with van der Waals surface area (Å²) in [6.45, 7) is 6.36. The minimum absolute atomic E-state index is 0. The summed E-state index contributed by atoms with van der Waals surface area (Å²) >= 11 is 0. The van der Waals surface area contributed by atoms with Crippen LogP contribution in [0.2, 0.25) is 0 Å². The van der Waals surface area contributed by atoms with Crippen molar-refractivity contribution in [2.75, 3.05) is 5.32 Å². The largest absolute Gasteiger partial charge is 0.370 e. The van der Waals surface area contributed by atoms with Gasteiger partial charge >= 0.3 is 0 Å². The highest BCUT2D eigenvalue weighted by atomic mass is 127. The van der Waals surface area contributed by atoms with Crippen molar-refractivity contribution in [2.24, 2.45) is 10.7 Å². The highest BCUT2D eigenvalue weighted by Crippen LogP contribution is 2.13. The van der Waals surface area contributed by atoms with Gasteiger partial charge in [-0.25, -0.2) is 4.99 Å². The van der Waals surface area contributed by atoms with Crippen molar-refractivity contribution in [3.63, 3.8) is 0 Å². The second-order valence-corrected chi connectivity index (χ2v) is 4.68. The third kappa shape index (κ3) is 4.73. The zero-order chi connectivity index (χ0) is 14.5. The first-order valence-electron chi connectivity index (χ1n) is 6.67. The number of halogens is 1. The Balaban J connectivity index is 0.00000220. The second kappa shape index (κ2) is 8.02. The third-order valence-corrected chi connectivity index (χ3v) is 3.22. The minimum Gasteiger partial charge on any atom is -0.370 e. The van der Waals surface area contributed by atoms with Crippen LogP contribution >= 0.6 is 24.0 Å². The monoisotopic (exact) mass is 400 g/mol. The zero-order valence-corrected chi connectivity index (χ0v) is 14.8. The molecule has 0 amide bonds. The number of hydrogen-bond donors (Lipinski definition) is 2. The van der Waals surface area contributed by atoms with E-state index in [4.69, 9.17) is 10.3 Å². The molecule has 2 aromatic rings.